The van der Waals surface area contributed by atoms with Crippen molar-refractivity contribution in [3.8, 4) is 6.07 Å². The van der Waals surface area contributed by atoms with Gasteiger partial charge in [-0.25, -0.2) is 4.79 Å². The lowest BCUT2D eigenvalue weighted by Gasteiger charge is -2.51. The summed E-state index contributed by atoms with van der Waals surface area (Å²) in [5.41, 5.74) is -0.0943. The van der Waals surface area contributed by atoms with Crippen molar-refractivity contribution in [2.24, 2.45) is 10.9 Å². The molecule has 3 atom stereocenters. The Labute approximate surface area is 221 Å². The van der Waals surface area contributed by atoms with Crippen LogP contribution in [-0.2, 0) is 16.7 Å². The van der Waals surface area contributed by atoms with Gasteiger partial charge in [0.15, 0.2) is 0 Å². The van der Waals surface area contributed by atoms with E-state index < -0.39 is 22.6 Å². The maximum Gasteiger partial charge on any atom is 0.407 e. The largest absolute Gasteiger partial charge is 0.444 e. The Hall–Kier alpha value is -3.17. The molecule has 1 unspecified atom stereocenters. The predicted octanol–water partition coefficient (Wildman–Crippen LogP) is 5.88. The number of nitrogens with zero attached hydrogens (tertiary/aromatic N) is 3. The summed E-state index contributed by atoms with van der Waals surface area (Å²) in [6, 6.07) is 23.1. The lowest BCUT2D eigenvalue weighted by atomic mass is 9.55. The van der Waals surface area contributed by atoms with Gasteiger partial charge in [0.1, 0.15) is 16.6 Å². The number of nitrogens with one attached hydrogen (secondary N) is 1. The average molecular weight is 501 g/mol. The normalized spacial score (nSPS) is 24.5. The molecule has 6 heteroatoms. The Balaban J connectivity index is 1.66. The Kier molecular flexibility index (Phi) is 8.04. The van der Waals surface area contributed by atoms with Crippen LogP contribution in [0.4, 0.5) is 4.79 Å². The molecule has 0 radical (unpaired) electrons. The van der Waals surface area contributed by atoms with Crippen molar-refractivity contribution in [2.45, 2.75) is 82.0 Å². The molecular formula is C31H40N4O2. The van der Waals surface area contributed by atoms with Crippen LogP contribution in [0, 0.1) is 17.2 Å². The number of hydrogen-bond donors (Lipinski definition) is 1. The molecule has 196 valence electrons. The molecule has 4 rings (SSSR count). The monoisotopic (exact) mass is 500 g/mol. The minimum Gasteiger partial charge on any atom is -0.444 e. The van der Waals surface area contributed by atoms with E-state index in [2.05, 4.69) is 59.4 Å². The van der Waals surface area contributed by atoms with Crippen molar-refractivity contribution >= 4 is 12.8 Å². The summed E-state index contributed by atoms with van der Waals surface area (Å²) >= 11 is 0. The molecule has 2 aromatic carbocycles. The Morgan fingerprint density at radius 2 is 1.73 bits per heavy atom. The Morgan fingerprint density at radius 1 is 1.11 bits per heavy atom. The van der Waals surface area contributed by atoms with E-state index >= 15 is 0 Å². The maximum atomic E-state index is 12.9. The van der Waals surface area contributed by atoms with Gasteiger partial charge in [-0.15, -0.1) is 0 Å². The molecule has 37 heavy (non-hydrogen) atoms. The van der Waals surface area contributed by atoms with Crippen LogP contribution >= 0.6 is 0 Å². The number of amides is 1. The molecule has 6 nitrogen and oxygen atoms in total. The van der Waals surface area contributed by atoms with Gasteiger partial charge < -0.3 is 10.1 Å². The molecule has 1 aliphatic carbocycles. The van der Waals surface area contributed by atoms with E-state index in [1.54, 1.807) is 0 Å². The van der Waals surface area contributed by atoms with Crippen LogP contribution in [0.15, 0.2) is 65.7 Å². The quantitative estimate of drug-likeness (QED) is 0.482. The molecule has 0 aromatic heterocycles. The third-order valence-electron chi connectivity index (χ3n) is 8.14. The molecule has 1 saturated heterocycles. The highest BCUT2D eigenvalue weighted by Gasteiger charge is 2.63. The van der Waals surface area contributed by atoms with Crippen LogP contribution in [0.1, 0.15) is 64.0 Å². The van der Waals surface area contributed by atoms with Crippen LogP contribution in [0.5, 0.6) is 0 Å². The second-order valence-electron chi connectivity index (χ2n) is 11.5. The topological polar surface area (TPSA) is 77.7 Å². The molecule has 1 heterocycles. The number of carbonyl (C=O) groups excluding carboxylic acids is 1. The Bertz CT molecular complexity index is 1100. The van der Waals surface area contributed by atoms with Gasteiger partial charge in [0.2, 0.25) is 0 Å². The van der Waals surface area contributed by atoms with Gasteiger partial charge >= 0.3 is 6.09 Å². The zero-order chi connectivity index (χ0) is 26.5. The number of piperidine rings is 1. The second-order valence-corrected chi connectivity index (χ2v) is 11.5. The zero-order valence-electron chi connectivity index (χ0n) is 22.5. The first-order valence-electron chi connectivity index (χ1n) is 13.4. The van der Waals surface area contributed by atoms with Crippen LogP contribution < -0.4 is 5.32 Å². The number of ether oxygens (including phenoxy) is 1. The molecule has 1 saturated carbocycles. The van der Waals surface area contributed by atoms with Gasteiger partial charge in [-0.3, -0.25) is 9.89 Å². The van der Waals surface area contributed by atoms with Crippen molar-refractivity contribution in [2.75, 3.05) is 13.1 Å². The summed E-state index contributed by atoms with van der Waals surface area (Å²) < 4.78 is 5.60. The van der Waals surface area contributed by atoms with Gasteiger partial charge in [0.05, 0.1) is 12.1 Å². The highest BCUT2D eigenvalue weighted by Crippen LogP contribution is 2.54. The molecule has 0 bridgehead atoms. The first kappa shape index (κ1) is 26.9. The molecule has 2 fully saturated rings. The van der Waals surface area contributed by atoms with E-state index in [-0.39, 0.29) is 12.0 Å². The lowest BCUT2D eigenvalue weighted by Crippen LogP contribution is -2.63. The van der Waals surface area contributed by atoms with Crippen LogP contribution in [0.25, 0.3) is 0 Å². The number of hydrogen-bond acceptors (Lipinski definition) is 5. The van der Waals surface area contributed by atoms with Crippen LogP contribution in [-0.4, -0.2) is 48.0 Å². The molecule has 0 spiro atoms. The van der Waals surface area contributed by atoms with Gasteiger partial charge in [-0.1, -0.05) is 60.7 Å². The van der Waals surface area contributed by atoms with E-state index in [1.807, 2.05) is 45.0 Å². The number of nitriles is 1. The highest BCUT2D eigenvalue weighted by molar-refractivity contribution is 5.69. The van der Waals surface area contributed by atoms with Gasteiger partial charge in [0.25, 0.3) is 0 Å². The molecule has 1 amide bonds. The highest BCUT2D eigenvalue weighted by atomic mass is 16.6. The van der Waals surface area contributed by atoms with Gasteiger partial charge in [-0.2, -0.15) is 5.26 Å². The summed E-state index contributed by atoms with van der Waals surface area (Å²) in [5, 5.41) is 14.2. The van der Waals surface area contributed by atoms with Crippen molar-refractivity contribution in [3.05, 3.63) is 71.8 Å². The minimum absolute atomic E-state index is 0.0819. The molecule has 2 aromatic rings. The van der Waals surface area contributed by atoms with Crippen molar-refractivity contribution < 1.29 is 9.53 Å². The maximum absolute atomic E-state index is 12.9. The number of carbonyl (C=O) groups is 1. The first-order valence-corrected chi connectivity index (χ1v) is 13.4. The SMILES string of the molecule is C=N[C@]1(C(C#N)(c2ccccc2)C2CCN(Cc3ccccc3)CC2)CCC[C@@H]1NC(=O)OC(C)(C)C. The van der Waals surface area contributed by atoms with E-state index in [0.717, 1.165) is 50.9 Å². The first-order chi connectivity index (χ1) is 17.7. The Morgan fingerprint density at radius 3 is 2.30 bits per heavy atom. The van der Waals surface area contributed by atoms with E-state index in [1.165, 1.54) is 5.56 Å². The fourth-order valence-corrected chi connectivity index (χ4v) is 6.57. The lowest BCUT2D eigenvalue weighted by molar-refractivity contribution is 0.0432. The minimum atomic E-state index is -0.912. The third-order valence-corrected chi connectivity index (χ3v) is 8.14. The van der Waals surface area contributed by atoms with Crippen LogP contribution in [0.3, 0.4) is 0 Å². The van der Waals surface area contributed by atoms with E-state index in [4.69, 9.17) is 9.73 Å². The standard InChI is InChI=1S/C31H40N4O2/c1-29(2,3)37-28(36)34-27-16-11-19-31(27,33-4)30(23-32,25-14-9-6-10-15-25)26-17-20-35(21-18-26)22-24-12-7-5-8-13-24/h5-10,12-15,26-27H,4,11,16-22H2,1-3H3,(H,34,36)/t27-,30?,31+/m0/s1. The van der Waals surface area contributed by atoms with E-state index in [0.29, 0.717) is 6.42 Å². The number of alkyl carbamates (subject to hydrolysis) is 1. The van der Waals surface area contributed by atoms with Crippen LogP contribution in [0.2, 0.25) is 0 Å². The summed E-state index contributed by atoms with van der Waals surface area (Å²) in [7, 11) is 0. The molecular weight excluding hydrogens is 460 g/mol. The van der Waals surface area contributed by atoms with Crippen molar-refractivity contribution in [1.82, 2.24) is 10.2 Å². The summed E-state index contributed by atoms with van der Waals surface area (Å²) in [5.74, 6) is 0.0819. The summed E-state index contributed by atoms with van der Waals surface area (Å²) in [6.45, 7) is 12.3. The van der Waals surface area contributed by atoms with Gasteiger partial charge in [0, 0.05) is 6.54 Å². The molecule has 1 aliphatic heterocycles. The summed E-state index contributed by atoms with van der Waals surface area (Å²) in [6.07, 6.45) is 3.59. The van der Waals surface area contributed by atoms with Gasteiger partial charge in [-0.05, 0) is 89.7 Å². The van der Waals surface area contributed by atoms with Crippen molar-refractivity contribution in [1.29, 1.82) is 5.26 Å². The smallest absolute Gasteiger partial charge is 0.407 e. The fourth-order valence-electron chi connectivity index (χ4n) is 6.57. The fraction of sp³-hybridized carbons (Fsp3) is 0.516. The number of aliphatic imine (C=N–C) groups is 1. The van der Waals surface area contributed by atoms with E-state index in [9.17, 15) is 10.1 Å². The van der Waals surface area contributed by atoms with Crippen molar-refractivity contribution in [3.63, 3.8) is 0 Å². The average Bonchev–Trinajstić information content (AvgIpc) is 3.29. The third kappa shape index (κ3) is 5.43. The second kappa shape index (κ2) is 11.1. The molecule has 1 N–H and O–H groups in total. The zero-order valence-corrected chi connectivity index (χ0v) is 22.5. The number of rotatable bonds is 7. The molecule has 2 aliphatic rings. The number of benzene rings is 2. The predicted molar refractivity (Wildman–Crippen MR) is 147 cm³/mol. The summed E-state index contributed by atoms with van der Waals surface area (Å²) in [4.78, 5) is 20.1. The number of likely N-dealkylation sites (tertiary alicyclic amines) is 1.